The second kappa shape index (κ2) is 6.08. The van der Waals surface area contributed by atoms with E-state index < -0.39 is 0 Å². The summed E-state index contributed by atoms with van der Waals surface area (Å²) < 4.78 is 3.17. The average Bonchev–Trinajstić information content (AvgIpc) is 2.84. The molecule has 0 N–H and O–H groups in total. The molecule has 3 nitrogen and oxygen atoms in total. The van der Waals surface area contributed by atoms with Crippen LogP contribution in [0.2, 0.25) is 0 Å². The fraction of sp³-hybridized carbons (Fsp3) is 0.500. The molecule has 1 aliphatic carbocycles. The number of aryl methyl sites for hydroxylation is 1. The lowest BCUT2D eigenvalue weighted by Crippen LogP contribution is -2.43. The summed E-state index contributed by atoms with van der Waals surface area (Å²) in [6.07, 6.45) is 4.09. The van der Waals surface area contributed by atoms with Gasteiger partial charge < -0.3 is 4.57 Å². The molecular weight excluding hydrogens is 314 g/mol. The van der Waals surface area contributed by atoms with Crippen LogP contribution in [0.1, 0.15) is 45.0 Å². The van der Waals surface area contributed by atoms with Gasteiger partial charge in [0.2, 0.25) is 0 Å². The molecule has 0 aliphatic heterocycles. The lowest BCUT2D eigenvalue weighted by Gasteiger charge is -2.46. The highest BCUT2D eigenvalue weighted by Gasteiger charge is 2.48. The van der Waals surface area contributed by atoms with Gasteiger partial charge in [-0.2, -0.15) is 0 Å². The van der Waals surface area contributed by atoms with E-state index in [1.165, 1.54) is 5.56 Å². The van der Waals surface area contributed by atoms with E-state index in [9.17, 15) is 0 Å². The van der Waals surface area contributed by atoms with E-state index in [2.05, 4.69) is 57.3 Å². The van der Waals surface area contributed by atoms with Crippen molar-refractivity contribution in [2.45, 2.75) is 39.0 Å². The quantitative estimate of drug-likeness (QED) is 0.818. The summed E-state index contributed by atoms with van der Waals surface area (Å²) in [5.41, 5.74) is 1.39. The Morgan fingerprint density at radius 3 is 2.50 bits per heavy atom. The first-order chi connectivity index (χ1) is 9.62. The zero-order valence-corrected chi connectivity index (χ0v) is 14.2. The van der Waals surface area contributed by atoms with Gasteiger partial charge in [-0.3, -0.25) is 0 Å². The van der Waals surface area contributed by atoms with Crippen LogP contribution in [0.25, 0.3) is 0 Å². The normalized spacial score (nSPS) is 24.6. The highest BCUT2D eigenvalue weighted by molar-refractivity contribution is 9.10. The number of nitrogens with zero attached hydrogens (tertiary/aromatic N) is 3. The first-order valence-corrected chi connectivity index (χ1v) is 8.02. The maximum atomic E-state index is 4.35. The third kappa shape index (κ3) is 2.53. The van der Waals surface area contributed by atoms with E-state index in [4.69, 9.17) is 0 Å². The predicted octanol–water partition coefficient (Wildman–Crippen LogP) is 4.32. The molecule has 0 saturated heterocycles. The molecule has 1 aromatic heterocycles. The van der Waals surface area contributed by atoms with Gasteiger partial charge in [-0.1, -0.05) is 48.8 Å². The molecule has 0 spiro atoms. The van der Waals surface area contributed by atoms with Crippen LogP contribution in [0.4, 0.5) is 0 Å². The molecule has 1 aromatic carbocycles. The fourth-order valence-electron chi connectivity index (χ4n) is 3.18. The molecule has 0 radical (unpaired) electrons. The fourth-order valence-corrected chi connectivity index (χ4v) is 3.58. The van der Waals surface area contributed by atoms with Crippen LogP contribution in [-0.2, 0) is 12.5 Å². The lowest BCUT2D eigenvalue weighted by molar-refractivity contribution is 0.185. The Morgan fingerprint density at radius 2 is 2.00 bits per heavy atom. The zero-order chi connectivity index (χ0) is 14.8. The molecule has 1 saturated carbocycles. The minimum absolute atomic E-state index is 0.0500. The van der Waals surface area contributed by atoms with Crippen molar-refractivity contribution < 1.29 is 0 Å². The average molecular weight is 336 g/mol. The largest absolute Gasteiger partial charge is 0.320 e. The van der Waals surface area contributed by atoms with E-state index in [1.54, 1.807) is 6.33 Å². The molecular formula is C16H22BrN3. The van der Waals surface area contributed by atoms with Gasteiger partial charge in [0.15, 0.2) is 0 Å². The van der Waals surface area contributed by atoms with Crippen LogP contribution in [0.3, 0.4) is 0 Å². The van der Waals surface area contributed by atoms with Crippen molar-refractivity contribution in [3.63, 3.8) is 0 Å². The van der Waals surface area contributed by atoms with Gasteiger partial charge in [-0.05, 0) is 36.5 Å². The van der Waals surface area contributed by atoms with Crippen molar-refractivity contribution in [3.8, 4) is 0 Å². The van der Waals surface area contributed by atoms with Crippen LogP contribution in [0.15, 0.2) is 35.1 Å². The SMILES string of the molecule is CC.CC1CC(c2cccc(Br)c2)(c2nncn2C)C1. The zero-order valence-electron chi connectivity index (χ0n) is 12.6. The smallest absolute Gasteiger partial charge is 0.143 e. The van der Waals surface area contributed by atoms with E-state index in [0.29, 0.717) is 0 Å². The van der Waals surface area contributed by atoms with Gasteiger partial charge in [0.1, 0.15) is 12.2 Å². The van der Waals surface area contributed by atoms with Crippen LogP contribution < -0.4 is 0 Å². The summed E-state index contributed by atoms with van der Waals surface area (Å²) in [5, 5.41) is 8.39. The van der Waals surface area contributed by atoms with Gasteiger partial charge in [0, 0.05) is 11.5 Å². The summed E-state index contributed by atoms with van der Waals surface area (Å²) in [5.74, 6) is 1.83. The predicted molar refractivity (Wildman–Crippen MR) is 85.7 cm³/mol. The van der Waals surface area contributed by atoms with Crippen molar-refractivity contribution >= 4 is 15.9 Å². The van der Waals surface area contributed by atoms with Gasteiger partial charge in [0.25, 0.3) is 0 Å². The van der Waals surface area contributed by atoms with Gasteiger partial charge in [-0.25, -0.2) is 0 Å². The number of aromatic nitrogens is 3. The Bertz CT molecular complexity index is 571. The first kappa shape index (κ1) is 15.2. The second-order valence-electron chi connectivity index (χ2n) is 5.37. The van der Waals surface area contributed by atoms with Crippen LogP contribution in [0.5, 0.6) is 0 Å². The Kier molecular flexibility index (Phi) is 4.63. The van der Waals surface area contributed by atoms with Crippen molar-refractivity contribution in [1.29, 1.82) is 0 Å². The van der Waals surface area contributed by atoms with E-state index in [1.807, 2.05) is 25.5 Å². The molecule has 1 aliphatic rings. The molecule has 1 fully saturated rings. The summed E-state index contributed by atoms with van der Waals surface area (Å²) in [6, 6.07) is 8.57. The third-order valence-electron chi connectivity index (χ3n) is 3.91. The second-order valence-corrected chi connectivity index (χ2v) is 6.29. The monoisotopic (exact) mass is 335 g/mol. The molecule has 0 bridgehead atoms. The number of rotatable bonds is 2. The molecule has 0 atom stereocenters. The molecule has 4 heteroatoms. The minimum atomic E-state index is 0.0500. The summed E-state index contributed by atoms with van der Waals surface area (Å²) in [7, 11) is 2.03. The Hall–Kier alpha value is -1.16. The Labute approximate surface area is 129 Å². The third-order valence-corrected chi connectivity index (χ3v) is 4.40. The first-order valence-electron chi connectivity index (χ1n) is 7.22. The van der Waals surface area contributed by atoms with Crippen molar-refractivity contribution in [2.75, 3.05) is 0 Å². The molecule has 1 heterocycles. The van der Waals surface area contributed by atoms with Gasteiger partial charge in [-0.15, -0.1) is 10.2 Å². The van der Waals surface area contributed by atoms with Gasteiger partial charge >= 0.3 is 0 Å². The van der Waals surface area contributed by atoms with Gasteiger partial charge in [0.05, 0.1) is 5.41 Å². The summed E-state index contributed by atoms with van der Waals surface area (Å²) in [6.45, 7) is 6.30. The van der Waals surface area contributed by atoms with E-state index in [0.717, 1.165) is 29.1 Å². The Balaban J connectivity index is 0.000000704. The topological polar surface area (TPSA) is 30.7 Å². The van der Waals surface area contributed by atoms with Crippen LogP contribution in [0, 0.1) is 5.92 Å². The van der Waals surface area contributed by atoms with Crippen LogP contribution in [-0.4, -0.2) is 14.8 Å². The maximum absolute atomic E-state index is 4.35. The van der Waals surface area contributed by atoms with Crippen molar-refractivity contribution in [3.05, 3.63) is 46.5 Å². The maximum Gasteiger partial charge on any atom is 0.143 e. The lowest BCUT2D eigenvalue weighted by atomic mass is 9.58. The Morgan fingerprint density at radius 1 is 1.30 bits per heavy atom. The van der Waals surface area contributed by atoms with Crippen molar-refractivity contribution in [2.24, 2.45) is 13.0 Å². The number of halogens is 1. The van der Waals surface area contributed by atoms with Crippen LogP contribution >= 0.6 is 15.9 Å². The molecule has 2 aromatic rings. The standard InChI is InChI=1S/C14H16BrN3.C2H6/c1-10-7-14(8-10,13-17-16-9-18(13)2)11-4-3-5-12(15)6-11;1-2/h3-6,9-10H,7-8H2,1-2H3;1-2H3. The van der Waals surface area contributed by atoms with E-state index >= 15 is 0 Å². The molecule has 0 amide bonds. The molecule has 0 unspecified atom stereocenters. The van der Waals surface area contributed by atoms with E-state index in [-0.39, 0.29) is 5.41 Å². The number of hydrogen-bond acceptors (Lipinski definition) is 2. The number of benzene rings is 1. The molecule has 20 heavy (non-hydrogen) atoms. The minimum Gasteiger partial charge on any atom is -0.320 e. The highest BCUT2D eigenvalue weighted by Crippen LogP contribution is 2.51. The number of hydrogen-bond donors (Lipinski definition) is 0. The highest BCUT2D eigenvalue weighted by atomic mass is 79.9. The molecule has 3 rings (SSSR count). The van der Waals surface area contributed by atoms with Crippen molar-refractivity contribution in [1.82, 2.24) is 14.8 Å². The molecule has 108 valence electrons. The summed E-state index contributed by atoms with van der Waals surface area (Å²) in [4.78, 5) is 0. The summed E-state index contributed by atoms with van der Waals surface area (Å²) >= 11 is 3.56.